The Hall–Kier alpha value is -0.570. The zero-order chi connectivity index (χ0) is 13.0. The van der Waals surface area contributed by atoms with Crippen LogP contribution >= 0.6 is 11.6 Å². The molecule has 1 aliphatic rings. The minimum absolute atomic E-state index is 0.396. The first-order chi connectivity index (χ1) is 8.72. The molecule has 1 aliphatic heterocycles. The molecule has 2 rings (SSSR count). The average molecular weight is 267 g/mol. The van der Waals surface area contributed by atoms with Crippen molar-refractivity contribution in [2.75, 3.05) is 19.6 Å². The van der Waals surface area contributed by atoms with Crippen molar-refractivity contribution in [1.29, 1.82) is 0 Å². The molecule has 2 atom stereocenters. The van der Waals surface area contributed by atoms with Gasteiger partial charge in [0.2, 0.25) is 0 Å². The largest absolute Gasteiger partial charge is 0.313 e. The Balaban J connectivity index is 2.12. The molecule has 0 aliphatic carbocycles. The van der Waals surface area contributed by atoms with Gasteiger partial charge in [0.05, 0.1) is 0 Å². The lowest BCUT2D eigenvalue weighted by molar-refractivity contribution is 0.205. The fraction of sp³-hybridized carbons (Fsp3) is 0.600. The first-order valence-electron chi connectivity index (χ1n) is 6.94. The van der Waals surface area contributed by atoms with E-state index in [2.05, 4.69) is 36.2 Å². The van der Waals surface area contributed by atoms with Gasteiger partial charge < -0.3 is 5.32 Å². The molecule has 0 radical (unpaired) electrons. The summed E-state index contributed by atoms with van der Waals surface area (Å²) in [6, 6.07) is 9.21. The molecular weight excluding hydrogens is 244 g/mol. The van der Waals surface area contributed by atoms with E-state index in [9.17, 15) is 0 Å². The highest BCUT2D eigenvalue weighted by atomic mass is 35.5. The van der Waals surface area contributed by atoms with Crippen LogP contribution in [0.4, 0.5) is 0 Å². The molecule has 1 saturated heterocycles. The summed E-state index contributed by atoms with van der Waals surface area (Å²) < 4.78 is 0. The second-order valence-corrected chi connectivity index (χ2v) is 5.51. The smallest absolute Gasteiger partial charge is 0.0453 e. The van der Waals surface area contributed by atoms with Gasteiger partial charge in [0.1, 0.15) is 0 Å². The number of rotatable bonds is 3. The number of hydrogen-bond acceptors (Lipinski definition) is 2. The van der Waals surface area contributed by atoms with Gasteiger partial charge in [-0.25, -0.2) is 0 Å². The lowest BCUT2D eigenvalue weighted by Gasteiger charge is -2.30. The molecule has 0 saturated carbocycles. The first kappa shape index (κ1) is 13.9. The zero-order valence-electron chi connectivity index (χ0n) is 11.3. The van der Waals surface area contributed by atoms with E-state index in [-0.39, 0.29) is 0 Å². The molecular formula is C15H23ClN2. The number of hydrogen-bond donors (Lipinski definition) is 1. The molecule has 0 aromatic heterocycles. The van der Waals surface area contributed by atoms with Crippen LogP contribution in [0.15, 0.2) is 24.3 Å². The van der Waals surface area contributed by atoms with E-state index in [1.54, 1.807) is 0 Å². The van der Waals surface area contributed by atoms with E-state index >= 15 is 0 Å². The fourth-order valence-corrected chi connectivity index (χ4v) is 2.96. The zero-order valence-corrected chi connectivity index (χ0v) is 12.1. The molecule has 2 nitrogen and oxygen atoms in total. The Labute approximate surface area is 115 Å². The maximum absolute atomic E-state index is 6.31. The summed E-state index contributed by atoms with van der Waals surface area (Å²) in [6.07, 6.45) is 2.40. The Bertz CT molecular complexity index is 381. The Morgan fingerprint density at radius 1 is 1.44 bits per heavy atom. The van der Waals surface area contributed by atoms with Crippen LogP contribution in [-0.2, 0) is 0 Å². The third-order valence-electron chi connectivity index (χ3n) is 3.91. The Kier molecular flexibility index (Phi) is 5.04. The van der Waals surface area contributed by atoms with E-state index in [1.807, 2.05) is 12.1 Å². The number of benzene rings is 1. The van der Waals surface area contributed by atoms with Gasteiger partial charge in [-0.3, -0.25) is 4.90 Å². The molecule has 1 N–H and O–H groups in total. The second-order valence-electron chi connectivity index (χ2n) is 5.11. The maximum Gasteiger partial charge on any atom is 0.0453 e. The SMILES string of the molecule is CCC1CN(C(C)c2ccccc2Cl)CCCN1. The average Bonchev–Trinajstić information content (AvgIpc) is 2.64. The summed E-state index contributed by atoms with van der Waals surface area (Å²) in [7, 11) is 0. The van der Waals surface area contributed by atoms with Crippen LogP contribution in [0.5, 0.6) is 0 Å². The molecule has 1 aromatic carbocycles. The highest BCUT2D eigenvalue weighted by molar-refractivity contribution is 6.31. The van der Waals surface area contributed by atoms with Gasteiger partial charge in [0.25, 0.3) is 0 Å². The number of halogens is 1. The van der Waals surface area contributed by atoms with Crippen LogP contribution in [0, 0.1) is 0 Å². The summed E-state index contributed by atoms with van der Waals surface area (Å²) in [5.41, 5.74) is 1.25. The summed E-state index contributed by atoms with van der Waals surface area (Å²) in [5.74, 6) is 0. The molecule has 18 heavy (non-hydrogen) atoms. The summed E-state index contributed by atoms with van der Waals surface area (Å²) >= 11 is 6.31. The third kappa shape index (κ3) is 3.25. The third-order valence-corrected chi connectivity index (χ3v) is 4.25. The molecule has 2 unspecified atom stereocenters. The van der Waals surface area contributed by atoms with Gasteiger partial charge in [0, 0.05) is 30.2 Å². The highest BCUT2D eigenvalue weighted by Gasteiger charge is 2.22. The van der Waals surface area contributed by atoms with Gasteiger partial charge in [0.15, 0.2) is 0 Å². The molecule has 100 valence electrons. The van der Waals surface area contributed by atoms with Crippen molar-refractivity contribution in [1.82, 2.24) is 10.2 Å². The van der Waals surface area contributed by atoms with Crippen molar-refractivity contribution in [3.63, 3.8) is 0 Å². The highest BCUT2D eigenvalue weighted by Crippen LogP contribution is 2.27. The minimum atomic E-state index is 0.396. The van der Waals surface area contributed by atoms with Crippen molar-refractivity contribution >= 4 is 11.6 Å². The van der Waals surface area contributed by atoms with Gasteiger partial charge in [-0.15, -0.1) is 0 Å². The standard InChI is InChI=1S/C15H23ClN2/c1-3-13-11-18(10-6-9-17-13)12(2)14-7-4-5-8-15(14)16/h4-5,7-8,12-13,17H,3,6,9-11H2,1-2H3. The molecule has 1 fully saturated rings. The molecule has 3 heteroatoms. The Morgan fingerprint density at radius 2 is 2.22 bits per heavy atom. The van der Waals surface area contributed by atoms with Crippen LogP contribution in [0.2, 0.25) is 5.02 Å². The number of nitrogens with zero attached hydrogens (tertiary/aromatic N) is 1. The summed E-state index contributed by atoms with van der Waals surface area (Å²) in [4.78, 5) is 2.55. The van der Waals surface area contributed by atoms with E-state index in [4.69, 9.17) is 11.6 Å². The van der Waals surface area contributed by atoms with Gasteiger partial charge in [-0.1, -0.05) is 36.7 Å². The molecule has 0 bridgehead atoms. The summed E-state index contributed by atoms with van der Waals surface area (Å²) in [5, 5.41) is 4.49. The number of nitrogens with one attached hydrogen (secondary N) is 1. The van der Waals surface area contributed by atoms with Gasteiger partial charge in [-0.2, -0.15) is 0 Å². The maximum atomic E-state index is 6.31. The van der Waals surface area contributed by atoms with Crippen molar-refractivity contribution in [2.45, 2.75) is 38.8 Å². The first-order valence-corrected chi connectivity index (χ1v) is 7.32. The molecule has 0 spiro atoms. The normalized spacial score (nSPS) is 23.6. The Morgan fingerprint density at radius 3 is 2.94 bits per heavy atom. The lowest BCUT2D eigenvalue weighted by atomic mass is 10.1. The van der Waals surface area contributed by atoms with E-state index in [0.717, 1.165) is 24.7 Å². The predicted octanol–water partition coefficient (Wildman–Crippen LogP) is 3.47. The van der Waals surface area contributed by atoms with Crippen LogP contribution < -0.4 is 5.32 Å². The van der Waals surface area contributed by atoms with E-state index in [1.165, 1.54) is 18.4 Å². The van der Waals surface area contributed by atoms with Crippen molar-refractivity contribution in [2.24, 2.45) is 0 Å². The topological polar surface area (TPSA) is 15.3 Å². The summed E-state index contributed by atoms with van der Waals surface area (Å²) in [6.45, 7) is 7.91. The van der Waals surface area contributed by atoms with Crippen LogP contribution in [0.3, 0.4) is 0 Å². The quantitative estimate of drug-likeness (QED) is 0.901. The predicted molar refractivity (Wildman–Crippen MR) is 78.1 cm³/mol. The van der Waals surface area contributed by atoms with Crippen LogP contribution in [0.1, 0.15) is 38.3 Å². The lowest BCUT2D eigenvalue weighted by Crippen LogP contribution is -2.38. The second kappa shape index (κ2) is 6.55. The molecule has 1 aromatic rings. The molecule has 1 heterocycles. The monoisotopic (exact) mass is 266 g/mol. The van der Waals surface area contributed by atoms with Crippen molar-refractivity contribution in [3.8, 4) is 0 Å². The van der Waals surface area contributed by atoms with Gasteiger partial charge >= 0.3 is 0 Å². The van der Waals surface area contributed by atoms with Crippen LogP contribution in [-0.4, -0.2) is 30.6 Å². The molecule has 0 amide bonds. The minimum Gasteiger partial charge on any atom is -0.313 e. The van der Waals surface area contributed by atoms with Gasteiger partial charge in [-0.05, 0) is 37.9 Å². The fourth-order valence-electron chi connectivity index (χ4n) is 2.66. The van der Waals surface area contributed by atoms with Crippen molar-refractivity contribution < 1.29 is 0 Å². The van der Waals surface area contributed by atoms with Crippen molar-refractivity contribution in [3.05, 3.63) is 34.9 Å². The van der Waals surface area contributed by atoms with E-state index in [0.29, 0.717) is 12.1 Å². The van der Waals surface area contributed by atoms with Crippen LogP contribution in [0.25, 0.3) is 0 Å². The van der Waals surface area contributed by atoms with E-state index < -0.39 is 0 Å².